The molecule has 3 aromatic heterocycles. The van der Waals surface area contributed by atoms with E-state index < -0.39 is 5.76 Å². The molecular weight excluding hydrogens is 456 g/mol. The minimum absolute atomic E-state index is 0.181. The van der Waals surface area contributed by atoms with Gasteiger partial charge in [0.25, 0.3) is 0 Å². The third kappa shape index (κ3) is 3.80. The zero-order chi connectivity index (χ0) is 25.4. The lowest BCUT2D eigenvalue weighted by Crippen LogP contribution is -2.23. The average Bonchev–Trinajstić information content (AvgIpc) is 3.36. The molecule has 0 fully saturated rings. The standard InChI is InChI=1S/C27H24N6O3/c1-5-15-31-22-21(24-30-26(34)36-32(24)16-6-2)28-23(19-13-11-17(3)12-14-19)29-25(22)33(27(31)35)20-10-8-7-9-18(20)4/h5-14H,1-2,15-16H2,3-4H3. The van der Waals surface area contributed by atoms with Crippen LogP contribution in [0.4, 0.5) is 0 Å². The molecule has 0 bridgehead atoms. The minimum atomic E-state index is -0.772. The molecule has 0 radical (unpaired) electrons. The van der Waals surface area contributed by atoms with Gasteiger partial charge in [-0.25, -0.2) is 24.1 Å². The van der Waals surface area contributed by atoms with Crippen molar-refractivity contribution >= 4 is 11.2 Å². The molecule has 0 amide bonds. The Balaban J connectivity index is 1.97. The molecule has 0 saturated carbocycles. The molecule has 9 nitrogen and oxygen atoms in total. The maximum atomic E-state index is 13.8. The summed E-state index contributed by atoms with van der Waals surface area (Å²) in [5.74, 6) is -0.206. The van der Waals surface area contributed by atoms with Crippen LogP contribution in [-0.4, -0.2) is 28.8 Å². The summed E-state index contributed by atoms with van der Waals surface area (Å²) >= 11 is 0. The summed E-state index contributed by atoms with van der Waals surface area (Å²) in [7, 11) is 0. The molecule has 0 atom stereocenters. The molecule has 0 aliphatic rings. The van der Waals surface area contributed by atoms with Gasteiger partial charge in [-0.05, 0) is 25.5 Å². The Morgan fingerprint density at radius 1 is 0.917 bits per heavy atom. The first-order chi connectivity index (χ1) is 17.4. The number of benzene rings is 2. The van der Waals surface area contributed by atoms with Gasteiger partial charge in [0.05, 0.1) is 12.2 Å². The van der Waals surface area contributed by atoms with E-state index in [9.17, 15) is 9.59 Å². The van der Waals surface area contributed by atoms with E-state index in [1.165, 1.54) is 9.31 Å². The van der Waals surface area contributed by atoms with Crippen LogP contribution in [0.15, 0.2) is 88.0 Å². The Hall–Kier alpha value is -4.79. The predicted molar refractivity (Wildman–Crippen MR) is 138 cm³/mol. The van der Waals surface area contributed by atoms with Crippen LogP contribution < -0.4 is 11.4 Å². The SMILES string of the molecule is C=CCn1oc(=O)nc1-c1nc(-c2ccc(C)cc2)nc2c1n(CC=C)c(=O)n2-c1ccccc1C. The van der Waals surface area contributed by atoms with E-state index in [-0.39, 0.29) is 24.6 Å². The van der Waals surface area contributed by atoms with Crippen molar-refractivity contribution in [2.75, 3.05) is 0 Å². The highest BCUT2D eigenvalue weighted by atomic mass is 16.5. The fourth-order valence-electron chi connectivity index (χ4n) is 4.18. The van der Waals surface area contributed by atoms with E-state index in [2.05, 4.69) is 18.1 Å². The molecule has 180 valence electrons. The fraction of sp³-hybridized carbons (Fsp3) is 0.148. The lowest BCUT2D eigenvalue weighted by atomic mass is 10.1. The second kappa shape index (κ2) is 9.10. The normalized spacial score (nSPS) is 11.2. The Bertz CT molecular complexity index is 1730. The van der Waals surface area contributed by atoms with Gasteiger partial charge in [0.1, 0.15) is 11.2 Å². The van der Waals surface area contributed by atoms with Crippen LogP contribution in [0, 0.1) is 13.8 Å². The lowest BCUT2D eigenvalue weighted by molar-refractivity contribution is 0.270. The first kappa shape index (κ1) is 23.0. The van der Waals surface area contributed by atoms with Crippen molar-refractivity contribution in [1.82, 2.24) is 28.8 Å². The van der Waals surface area contributed by atoms with Crippen molar-refractivity contribution in [2.24, 2.45) is 0 Å². The number of nitrogens with zero attached hydrogens (tertiary/aromatic N) is 6. The molecule has 0 saturated heterocycles. The number of fused-ring (bicyclic) bond motifs is 1. The zero-order valence-electron chi connectivity index (χ0n) is 20.0. The molecule has 0 aliphatic carbocycles. The summed E-state index contributed by atoms with van der Waals surface area (Å²) < 4.78 is 9.66. The highest BCUT2D eigenvalue weighted by Crippen LogP contribution is 2.30. The van der Waals surface area contributed by atoms with Gasteiger partial charge in [0, 0.05) is 12.1 Å². The summed E-state index contributed by atoms with van der Waals surface area (Å²) in [5, 5.41) is 0. The highest BCUT2D eigenvalue weighted by molar-refractivity contribution is 5.89. The van der Waals surface area contributed by atoms with Crippen molar-refractivity contribution in [2.45, 2.75) is 26.9 Å². The predicted octanol–water partition coefficient (Wildman–Crippen LogP) is 4.05. The average molecular weight is 481 g/mol. The third-order valence-electron chi connectivity index (χ3n) is 5.88. The summed E-state index contributed by atoms with van der Waals surface area (Å²) in [6, 6.07) is 15.3. The molecule has 0 N–H and O–H groups in total. The van der Waals surface area contributed by atoms with E-state index >= 15 is 0 Å². The molecule has 5 rings (SSSR count). The number of hydrogen-bond acceptors (Lipinski definition) is 6. The molecule has 0 spiro atoms. The Kier molecular flexibility index (Phi) is 5.81. The number of allylic oxidation sites excluding steroid dienone is 2. The summed E-state index contributed by atoms with van der Waals surface area (Å²) in [6.45, 7) is 11.9. The first-order valence-electron chi connectivity index (χ1n) is 11.4. The van der Waals surface area contributed by atoms with Gasteiger partial charge in [0.2, 0.25) is 0 Å². The molecule has 36 heavy (non-hydrogen) atoms. The molecule has 2 aromatic carbocycles. The summed E-state index contributed by atoms with van der Waals surface area (Å²) in [6.07, 6.45) is 3.21. The number of hydrogen-bond donors (Lipinski definition) is 0. The van der Waals surface area contributed by atoms with Crippen LogP contribution in [0.5, 0.6) is 0 Å². The lowest BCUT2D eigenvalue weighted by Gasteiger charge is -2.10. The maximum absolute atomic E-state index is 13.8. The smallest absolute Gasteiger partial charge is 0.318 e. The fourth-order valence-corrected chi connectivity index (χ4v) is 4.18. The van der Waals surface area contributed by atoms with Gasteiger partial charge in [-0.2, -0.15) is 9.72 Å². The van der Waals surface area contributed by atoms with Gasteiger partial charge >= 0.3 is 11.4 Å². The number of aromatic nitrogens is 6. The molecule has 5 aromatic rings. The third-order valence-corrected chi connectivity index (χ3v) is 5.88. The Labute approximate surface area is 206 Å². The van der Waals surface area contributed by atoms with Crippen LogP contribution in [-0.2, 0) is 13.1 Å². The first-order valence-corrected chi connectivity index (χ1v) is 11.4. The number of para-hydroxylation sites is 1. The second-order valence-electron chi connectivity index (χ2n) is 8.38. The van der Waals surface area contributed by atoms with E-state index in [4.69, 9.17) is 14.5 Å². The van der Waals surface area contributed by atoms with E-state index in [1.54, 1.807) is 16.7 Å². The van der Waals surface area contributed by atoms with Crippen molar-refractivity contribution < 1.29 is 4.52 Å². The van der Waals surface area contributed by atoms with E-state index in [1.807, 2.05) is 62.4 Å². The number of imidazole rings is 1. The summed E-state index contributed by atoms with van der Waals surface area (Å²) in [4.78, 5) is 39.7. The molecule has 0 aliphatic heterocycles. The number of rotatable bonds is 7. The monoisotopic (exact) mass is 480 g/mol. The van der Waals surface area contributed by atoms with E-state index in [0.717, 1.165) is 16.7 Å². The highest BCUT2D eigenvalue weighted by Gasteiger charge is 2.26. The maximum Gasteiger partial charge on any atom is 0.460 e. The van der Waals surface area contributed by atoms with E-state index in [0.29, 0.717) is 28.4 Å². The topological polar surface area (TPSA) is 101 Å². The van der Waals surface area contributed by atoms with Gasteiger partial charge in [-0.3, -0.25) is 4.57 Å². The van der Waals surface area contributed by atoms with Crippen molar-refractivity contribution in [3.8, 4) is 28.6 Å². The van der Waals surface area contributed by atoms with Crippen LogP contribution in [0.25, 0.3) is 39.8 Å². The van der Waals surface area contributed by atoms with Crippen molar-refractivity contribution in [3.63, 3.8) is 0 Å². The van der Waals surface area contributed by atoms with Crippen LogP contribution >= 0.6 is 0 Å². The van der Waals surface area contributed by atoms with Crippen molar-refractivity contribution in [1.29, 1.82) is 0 Å². The Morgan fingerprint density at radius 3 is 2.33 bits per heavy atom. The zero-order valence-corrected chi connectivity index (χ0v) is 20.0. The van der Waals surface area contributed by atoms with Gasteiger partial charge < -0.3 is 4.52 Å². The van der Waals surface area contributed by atoms with Crippen LogP contribution in [0.2, 0.25) is 0 Å². The van der Waals surface area contributed by atoms with Gasteiger partial charge in [-0.15, -0.1) is 13.2 Å². The van der Waals surface area contributed by atoms with Crippen molar-refractivity contribution in [3.05, 3.63) is 106 Å². The van der Waals surface area contributed by atoms with Gasteiger partial charge in [-0.1, -0.05) is 60.2 Å². The minimum Gasteiger partial charge on any atom is -0.318 e. The molecule has 9 heteroatoms. The Morgan fingerprint density at radius 2 is 1.64 bits per heavy atom. The number of aryl methyl sites for hydroxylation is 2. The quantitative estimate of drug-likeness (QED) is 0.326. The summed E-state index contributed by atoms with van der Waals surface area (Å²) in [5.41, 5.74) is 4.24. The van der Waals surface area contributed by atoms with Crippen LogP contribution in [0.3, 0.4) is 0 Å². The van der Waals surface area contributed by atoms with Crippen LogP contribution in [0.1, 0.15) is 11.1 Å². The van der Waals surface area contributed by atoms with Gasteiger partial charge in [0.15, 0.2) is 17.3 Å². The molecule has 3 heterocycles. The molecular formula is C27H24N6O3. The largest absolute Gasteiger partial charge is 0.460 e. The molecule has 0 unspecified atom stereocenters. The second-order valence-corrected chi connectivity index (χ2v) is 8.38.